The second-order valence-corrected chi connectivity index (χ2v) is 7.62. The average Bonchev–Trinajstić information content (AvgIpc) is 3.16. The number of benzene rings is 2. The van der Waals surface area contributed by atoms with Gasteiger partial charge in [0.25, 0.3) is 0 Å². The Morgan fingerprint density at radius 3 is 2.77 bits per heavy atom. The second-order valence-electron chi connectivity index (χ2n) is 6.65. The van der Waals surface area contributed by atoms with E-state index in [0.29, 0.717) is 5.17 Å². The van der Waals surface area contributed by atoms with E-state index in [-0.39, 0.29) is 17.4 Å². The minimum atomic E-state index is -4.48. The molecule has 4 rings (SSSR count). The molecule has 1 atom stereocenters. The van der Waals surface area contributed by atoms with Gasteiger partial charge in [0.1, 0.15) is 0 Å². The van der Waals surface area contributed by atoms with Gasteiger partial charge in [-0.1, -0.05) is 36.0 Å². The summed E-state index contributed by atoms with van der Waals surface area (Å²) in [6.07, 6.45) is -3.25. The maximum Gasteiger partial charge on any atom is 0.416 e. The van der Waals surface area contributed by atoms with Crippen LogP contribution in [0.2, 0.25) is 0 Å². The molecule has 5 N–H and O–H groups in total. The number of hydrogen-bond donors (Lipinski definition) is 4. The molecule has 1 aliphatic rings. The number of halogens is 3. The van der Waals surface area contributed by atoms with E-state index >= 15 is 0 Å². The zero-order chi connectivity index (χ0) is 22.0. The molecule has 31 heavy (non-hydrogen) atoms. The highest BCUT2D eigenvalue weighted by molar-refractivity contribution is 8.14. The first-order chi connectivity index (χ1) is 14.8. The number of H-pyrrole nitrogens is 1. The van der Waals surface area contributed by atoms with Crippen LogP contribution in [-0.2, 0) is 11.0 Å². The summed E-state index contributed by atoms with van der Waals surface area (Å²) in [5.41, 5.74) is 6.89. The van der Waals surface area contributed by atoms with E-state index in [4.69, 9.17) is 5.73 Å². The number of fused-ring (bicyclic) bond motifs is 1. The zero-order valence-corrected chi connectivity index (χ0v) is 16.7. The predicted octanol–water partition coefficient (Wildman–Crippen LogP) is 3.83. The number of aromatic nitrogens is 1. The van der Waals surface area contributed by atoms with E-state index in [1.807, 2.05) is 30.5 Å². The third kappa shape index (κ3) is 4.82. The summed E-state index contributed by atoms with van der Waals surface area (Å²) in [7, 11) is 0. The normalized spacial score (nSPS) is 16.4. The zero-order valence-electron chi connectivity index (χ0n) is 15.9. The number of aromatic amines is 1. The predicted molar refractivity (Wildman–Crippen MR) is 116 cm³/mol. The molecule has 0 aliphatic carbocycles. The van der Waals surface area contributed by atoms with Gasteiger partial charge in [-0.2, -0.15) is 13.2 Å². The summed E-state index contributed by atoms with van der Waals surface area (Å²) in [5.74, 6) is -0.389. The minimum absolute atomic E-state index is 0.0664. The fourth-order valence-electron chi connectivity index (χ4n) is 3.07. The van der Waals surface area contributed by atoms with Crippen LogP contribution in [0.3, 0.4) is 0 Å². The van der Waals surface area contributed by atoms with Crippen molar-refractivity contribution in [1.29, 1.82) is 0 Å². The van der Waals surface area contributed by atoms with E-state index in [1.165, 1.54) is 12.1 Å². The molecule has 0 bridgehead atoms. The van der Waals surface area contributed by atoms with Gasteiger partial charge in [0.15, 0.2) is 17.3 Å². The van der Waals surface area contributed by atoms with Crippen molar-refractivity contribution in [2.24, 2.45) is 15.7 Å². The van der Waals surface area contributed by atoms with Crippen LogP contribution in [0.5, 0.6) is 0 Å². The fourth-order valence-corrected chi connectivity index (χ4v) is 3.76. The van der Waals surface area contributed by atoms with Crippen LogP contribution in [0.25, 0.3) is 10.9 Å². The molecule has 3 aromatic rings. The van der Waals surface area contributed by atoms with Gasteiger partial charge in [-0.15, -0.1) is 0 Å². The lowest BCUT2D eigenvalue weighted by molar-refractivity contribution is -0.137. The van der Waals surface area contributed by atoms with Crippen LogP contribution < -0.4 is 16.4 Å². The molecule has 11 heteroatoms. The van der Waals surface area contributed by atoms with Gasteiger partial charge >= 0.3 is 6.18 Å². The minimum Gasteiger partial charge on any atom is -0.370 e. The maximum atomic E-state index is 12.8. The van der Waals surface area contributed by atoms with Crippen LogP contribution >= 0.6 is 11.8 Å². The highest BCUT2D eigenvalue weighted by Gasteiger charge is 2.30. The number of para-hydroxylation sites is 1. The molecule has 1 amide bonds. The number of carbonyl (C=O) groups is 1. The summed E-state index contributed by atoms with van der Waals surface area (Å²) >= 11 is 1.08. The molecular weight excluding hydrogens is 429 g/mol. The van der Waals surface area contributed by atoms with E-state index in [0.717, 1.165) is 40.4 Å². The van der Waals surface area contributed by atoms with Gasteiger partial charge in [0.05, 0.1) is 11.3 Å². The number of amidine groups is 1. The lowest BCUT2D eigenvalue weighted by atomic mass is 10.1. The molecule has 160 valence electrons. The monoisotopic (exact) mass is 446 g/mol. The van der Waals surface area contributed by atoms with Crippen molar-refractivity contribution in [3.8, 4) is 0 Å². The van der Waals surface area contributed by atoms with Gasteiger partial charge < -0.3 is 21.4 Å². The van der Waals surface area contributed by atoms with Crippen molar-refractivity contribution in [1.82, 2.24) is 10.3 Å². The van der Waals surface area contributed by atoms with Gasteiger partial charge in [-0.25, -0.2) is 9.98 Å². The third-order valence-electron chi connectivity index (χ3n) is 4.45. The highest BCUT2D eigenvalue weighted by atomic mass is 32.2. The van der Waals surface area contributed by atoms with Gasteiger partial charge in [-0.3, -0.25) is 4.79 Å². The average molecular weight is 446 g/mol. The number of nitrogens with one attached hydrogen (secondary N) is 3. The molecule has 0 saturated heterocycles. The van der Waals surface area contributed by atoms with Crippen molar-refractivity contribution in [3.05, 3.63) is 65.9 Å². The highest BCUT2D eigenvalue weighted by Crippen LogP contribution is 2.31. The van der Waals surface area contributed by atoms with Crippen LogP contribution in [0, 0.1) is 0 Å². The molecule has 7 nitrogen and oxygen atoms in total. The van der Waals surface area contributed by atoms with Gasteiger partial charge in [0, 0.05) is 28.4 Å². The number of thioether (sulfide) groups is 1. The number of nitrogens with two attached hydrogens (primary N) is 1. The quantitative estimate of drug-likeness (QED) is 0.489. The standard InChI is InChI=1S/C20H17F3N6OS/c21-20(22,23)11-4-3-5-12(8-11)26-16(30)10-31-19-28-17(27-18(24)29-19)14-9-25-15-7-2-1-6-13(14)15/h1-9,17,25H,10H2,(H,26,30)(H3,24,27,28,29). The summed E-state index contributed by atoms with van der Waals surface area (Å²) in [6, 6.07) is 12.2. The summed E-state index contributed by atoms with van der Waals surface area (Å²) < 4.78 is 38.5. The van der Waals surface area contributed by atoms with Crippen LogP contribution in [0.4, 0.5) is 18.9 Å². The van der Waals surface area contributed by atoms with Crippen molar-refractivity contribution in [3.63, 3.8) is 0 Å². The molecule has 2 heterocycles. The SMILES string of the molecule is NC1=NC(c2c[nH]c3ccccc23)N=C(SCC(=O)Nc2cccc(C(F)(F)F)c2)N1. The first-order valence-electron chi connectivity index (χ1n) is 9.13. The Balaban J connectivity index is 1.43. The number of carbonyl (C=O) groups excluding carboxylic acids is 1. The number of nitrogens with zero attached hydrogens (tertiary/aromatic N) is 2. The van der Waals surface area contributed by atoms with E-state index in [9.17, 15) is 18.0 Å². The topological polar surface area (TPSA) is 108 Å². The molecule has 0 saturated carbocycles. The molecular formula is C20H17F3N6OS. The molecule has 0 radical (unpaired) electrons. The summed E-state index contributed by atoms with van der Waals surface area (Å²) in [6.45, 7) is 0. The van der Waals surface area contributed by atoms with E-state index in [1.54, 1.807) is 0 Å². The number of guanidine groups is 1. The smallest absolute Gasteiger partial charge is 0.370 e. The first kappa shape index (κ1) is 20.8. The third-order valence-corrected chi connectivity index (χ3v) is 5.34. The van der Waals surface area contributed by atoms with Crippen molar-refractivity contribution in [2.75, 3.05) is 11.1 Å². The molecule has 0 spiro atoms. The number of alkyl halides is 3. The number of amides is 1. The Labute approximate surface area is 179 Å². The van der Waals surface area contributed by atoms with E-state index in [2.05, 4.69) is 25.6 Å². The maximum absolute atomic E-state index is 12.8. The Hall–Kier alpha value is -3.47. The van der Waals surface area contributed by atoms with Crippen molar-refractivity contribution in [2.45, 2.75) is 12.3 Å². The first-order valence-corrected chi connectivity index (χ1v) is 10.1. The molecule has 0 fully saturated rings. The number of rotatable bonds is 4. The lowest BCUT2D eigenvalue weighted by Gasteiger charge is -2.18. The summed E-state index contributed by atoms with van der Waals surface area (Å²) in [4.78, 5) is 24.2. The van der Waals surface area contributed by atoms with Crippen molar-refractivity contribution < 1.29 is 18.0 Å². The second kappa shape index (κ2) is 8.34. The molecule has 1 unspecified atom stereocenters. The Bertz CT molecular complexity index is 1190. The molecule has 2 aromatic carbocycles. The van der Waals surface area contributed by atoms with Crippen LogP contribution in [0.15, 0.2) is 64.7 Å². The van der Waals surface area contributed by atoms with Gasteiger partial charge in [0.2, 0.25) is 5.91 Å². The Morgan fingerprint density at radius 2 is 1.97 bits per heavy atom. The lowest BCUT2D eigenvalue weighted by Crippen LogP contribution is -2.39. The molecule has 1 aromatic heterocycles. The van der Waals surface area contributed by atoms with E-state index < -0.39 is 23.8 Å². The fraction of sp³-hybridized carbons (Fsp3) is 0.150. The van der Waals surface area contributed by atoms with Crippen molar-refractivity contribution >= 4 is 45.4 Å². The number of aliphatic imine (C=N–C) groups is 2. The Morgan fingerprint density at radius 1 is 1.16 bits per heavy atom. The molecule has 1 aliphatic heterocycles. The van der Waals surface area contributed by atoms with Crippen LogP contribution in [0.1, 0.15) is 17.3 Å². The van der Waals surface area contributed by atoms with Crippen LogP contribution in [-0.4, -0.2) is 27.8 Å². The summed E-state index contributed by atoms with van der Waals surface area (Å²) in [5, 5.41) is 6.62. The van der Waals surface area contributed by atoms with Gasteiger partial charge in [-0.05, 0) is 24.3 Å². The number of anilines is 1. The Kier molecular flexibility index (Phi) is 5.59. The largest absolute Gasteiger partial charge is 0.416 e. The number of hydrogen-bond acceptors (Lipinski definition) is 6.